The van der Waals surface area contributed by atoms with E-state index in [4.69, 9.17) is 10.1 Å². The number of hydrogen-bond acceptors (Lipinski definition) is 3. The van der Waals surface area contributed by atoms with Crippen molar-refractivity contribution in [2.75, 3.05) is 4.90 Å². The van der Waals surface area contributed by atoms with E-state index in [0.717, 1.165) is 39.7 Å². The van der Waals surface area contributed by atoms with Gasteiger partial charge in [0, 0.05) is 28.2 Å². The van der Waals surface area contributed by atoms with Crippen LogP contribution < -0.4 is 4.90 Å². The van der Waals surface area contributed by atoms with Gasteiger partial charge in [-0.15, -0.1) is 5.10 Å². The maximum atomic E-state index is 5.02. The molecule has 0 aliphatic carbocycles. The van der Waals surface area contributed by atoms with Crippen molar-refractivity contribution >= 4 is 38.6 Å². The van der Waals surface area contributed by atoms with E-state index < -0.39 is 0 Å². The van der Waals surface area contributed by atoms with E-state index in [1.807, 2.05) is 53.2 Å². The Morgan fingerprint density at radius 1 is 0.321 bits per heavy atom. The van der Waals surface area contributed by atoms with Gasteiger partial charge in [0.05, 0.1) is 5.69 Å². The largest absolute Gasteiger partial charge is 0.311 e. The predicted molar refractivity (Wildman–Crippen MR) is 233 cm³/mol. The molecule has 4 nitrogen and oxygen atoms in total. The lowest BCUT2D eigenvalue weighted by atomic mass is 10.00. The summed E-state index contributed by atoms with van der Waals surface area (Å²) in [5, 5.41) is 9.99. The highest BCUT2D eigenvalue weighted by atomic mass is 15.4. The summed E-state index contributed by atoms with van der Waals surface area (Å²) >= 11 is 0. The first-order valence-electron chi connectivity index (χ1n) is 18.9. The van der Waals surface area contributed by atoms with Crippen LogP contribution in [-0.4, -0.2) is 14.8 Å². The number of benzene rings is 9. The normalized spacial score (nSPS) is 11.2. The SMILES string of the molecule is c1ccc(-c2nc(-c3ccccc3)n(-c3ccc(N(c4ccc(-c5ccc6ccccc6c5)cc4)c4ccc(-c5ccc6ccccc6c5)cc4)cc3)n2)cc1. The highest BCUT2D eigenvalue weighted by Gasteiger charge is 2.18. The van der Waals surface area contributed by atoms with Crippen LogP contribution in [0.2, 0.25) is 0 Å². The third kappa shape index (κ3) is 6.40. The minimum Gasteiger partial charge on any atom is -0.311 e. The Morgan fingerprint density at radius 2 is 0.732 bits per heavy atom. The fourth-order valence-corrected chi connectivity index (χ4v) is 7.51. The monoisotopic (exact) mass is 716 g/mol. The van der Waals surface area contributed by atoms with E-state index in [2.05, 4.69) is 175 Å². The summed E-state index contributed by atoms with van der Waals surface area (Å²) in [5.41, 5.74) is 10.8. The van der Waals surface area contributed by atoms with Crippen LogP contribution in [-0.2, 0) is 0 Å². The molecular weight excluding hydrogens is 681 g/mol. The lowest BCUT2D eigenvalue weighted by molar-refractivity contribution is 0.890. The van der Waals surface area contributed by atoms with Crippen LogP contribution in [0.3, 0.4) is 0 Å². The van der Waals surface area contributed by atoms with Crippen LogP contribution >= 0.6 is 0 Å². The van der Waals surface area contributed by atoms with E-state index in [1.165, 1.54) is 43.8 Å². The summed E-state index contributed by atoms with van der Waals surface area (Å²) in [6, 6.07) is 77.1. The standard InChI is InChI=1S/C52H36N4/c1-3-13-41(14-4-1)51-53-52(42-15-5-2-6-16-42)56(54-51)50-33-31-49(32-34-50)55(47-27-23-39(24-28-47)45-21-19-37-11-7-9-17-43(37)35-45)48-29-25-40(26-30-48)46-22-20-38-12-8-10-18-44(38)36-46/h1-36H. The molecule has 0 saturated carbocycles. The summed E-state index contributed by atoms with van der Waals surface area (Å²) < 4.78 is 1.95. The summed E-state index contributed by atoms with van der Waals surface area (Å²) in [6.07, 6.45) is 0. The number of nitrogens with zero attached hydrogens (tertiary/aromatic N) is 4. The van der Waals surface area contributed by atoms with E-state index in [9.17, 15) is 0 Å². The van der Waals surface area contributed by atoms with E-state index in [0.29, 0.717) is 5.82 Å². The first-order valence-corrected chi connectivity index (χ1v) is 18.9. The third-order valence-electron chi connectivity index (χ3n) is 10.4. The molecule has 56 heavy (non-hydrogen) atoms. The van der Waals surface area contributed by atoms with Crippen molar-refractivity contribution in [2.45, 2.75) is 0 Å². The molecule has 0 atom stereocenters. The number of anilines is 3. The van der Waals surface area contributed by atoms with Crippen molar-refractivity contribution < 1.29 is 0 Å². The molecule has 0 N–H and O–H groups in total. The molecule has 4 heteroatoms. The molecule has 0 spiro atoms. The lowest BCUT2D eigenvalue weighted by Crippen LogP contribution is -2.10. The summed E-state index contributed by atoms with van der Waals surface area (Å²) in [7, 11) is 0. The van der Waals surface area contributed by atoms with Gasteiger partial charge >= 0.3 is 0 Å². The van der Waals surface area contributed by atoms with Gasteiger partial charge in [-0.25, -0.2) is 9.67 Å². The molecular formula is C52H36N4. The Morgan fingerprint density at radius 3 is 1.23 bits per heavy atom. The fraction of sp³-hybridized carbons (Fsp3) is 0. The first-order chi connectivity index (χ1) is 27.7. The fourth-order valence-electron chi connectivity index (χ4n) is 7.51. The number of fused-ring (bicyclic) bond motifs is 2. The number of hydrogen-bond donors (Lipinski definition) is 0. The molecule has 1 heterocycles. The highest BCUT2D eigenvalue weighted by Crippen LogP contribution is 2.38. The quantitative estimate of drug-likeness (QED) is 0.157. The molecule has 0 amide bonds. The van der Waals surface area contributed by atoms with Crippen molar-refractivity contribution in [3.8, 4) is 50.7 Å². The average molecular weight is 717 g/mol. The zero-order valence-corrected chi connectivity index (χ0v) is 30.6. The maximum absolute atomic E-state index is 5.02. The molecule has 0 radical (unpaired) electrons. The van der Waals surface area contributed by atoms with Crippen molar-refractivity contribution in [1.29, 1.82) is 0 Å². The molecule has 10 rings (SSSR count). The Balaban J connectivity index is 1.04. The highest BCUT2D eigenvalue weighted by molar-refractivity contribution is 5.89. The topological polar surface area (TPSA) is 34.0 Å². The Kier molecular flexibility index (Phi) is 8.47. The van der Waals surface area contributed by atoms with Crippen molar-refractivity contribution in [3.05, 3.63) is 218 Å². The average Bonchev–Trinajstić information content (AvgIpc) is 3.73. The van der Waals surface area contributed by atoms with Gasteiger partial charge in [0.15, 0.2) is 11.6 Å². The van der Waals surface area contributed by atoms with Gasteiger partial charge in [0.1, 0.15) is 0 Å². The van der Waals surface area contributed by atoms with Gasteiger partial charge in [0.2, 0.25) is 0 Å². The summed E-state index contributed by atoms with van der Waals surface area (Å²) in [4.78, 5) is 7.33. The molecule has 264 valence electrons. The van der Waals surface area contributed by atoms with Crippen LogP contribution in [0.25, 0.3) is 72.3 Å². The third-order valence-corrected chi connectivity index (χ3v) is 10.4. The molecule has 0 aliphatic rings. The van der Waals surface area contributed by atoms with Gasteiger partial charge in [0.25, 0.3) is 0 Å². The Bertz CT molecular complexity index is 2810. The second-order valence-corrected chi connectivity index (χ2v) is 14.0. The van der Waals surface area contributed by atoms with Gasteiger partial charge in [-0.3, -0.25) is 0 Å². The van der Waals surface area contributed by atoms with E-state index >= 15 is 0 Å². The second kappa shape index (κ2) is 14.3. The van der Waals surface area contributed by atoms with Crippen molar-refractivity contribution in [2.24, 2.45) is 0 Å². The number of rotatable bonds is 8. The van der Waals surface area contributed by atoms with Gasteiger partial charge in [-0.05, 0) is 104 Å². The second-order valence-electron chi connectivity index (χ2n) is 14.0. The summed E-state index contributed by atoms with van der Waals surface area (Å²) in [5.74, 6) is 1.48. The molecule has 0 saturated heterocycles. The van der Waals surface area contributed by atoms with Crippen LogP contribution in [0, 0.1) is 0 Å². The Hall–Kier alpha value is -7.56. The van der Waals surface area contributed by atoms with Crippen LogP contribution in [0.1, 0.15) is 0 Å². The van der Waals surface area contributed by atoms with Crippen molar-refractivity contribution in [3.63, 3.8) is 0 Å². The van der Waals surface area contributed by atoms with Gasteiger partial charge in [-0.1, -0.05) is 158 Å². The molecule has 1 aromatic heterocycles. The first kappa shape index (κ1) is 33.0. The van der Waals surface area contributed by atoms with Crippen molar-refractivity contribution in [1.82, 2.24) is 14.8 Å². The molecule has 0 bridgehead atoms. The van der Waals surface area contributed by atoms with Gasteiger partial charge < -0.3 is 4.90 Å². The number of aromatic nitrogens is 3. The van der Waals surface area contributed by atoms with Gasteiger partial charge in [-0.2, -0.15) is 0 Å². The smallest absolute Gasteiger partial charge is 0.182 e. The zero-order valence-electron chi connectivity index (χ0n) is 30.6. The Labute approximate surface area is 326 Å². The van der Waals surface area contributed by atoms with E-state index in [-0.39, 0.29) is 0 Å². The molecule has 0 fully saturated rings. The van der Waals surface area contributed by atoms with Crippen LogP contribution in [0.5, 0.6) is 0 Å². The zero-order chi connectivity index (χ0) is 37.3. The minimum absolute atomic E-state index is 0.688. The predicted octanol–water partition coefficient (Wildman–Crippen LogP) is 13.7. The summed E-state index contributed by atoms with van der Waals surface area (Å²) in [6.45, 7) is 0. The van der Waals surface area contributed by atoms with Crippen LogP contribution in [0.4, 0.5) is 17.1 Å². The molecule has 10 aromatic rings. The molecule has 0 unspecified atom stereocenters. The van der Waals surface area contributed by atoms with E-state index in [1.54, 1.807) is 0 Å². The maximum Gasteiger partial charge on any atom is 0.182 e. The lowest BCUT2D eigenvalue weighted by Gasteiger charge is -2.26. The molecule has 0 aliphatic heterocycles. The molecule has 9 aromatic carbocycles. The van der Waals surface area contributed by atoms with Crippen LogP contribution in [0.15, 0.2) is 218 Å². The minimum atomic E-state index is 0.688.